The van der Waals surface area contributed by atoms with Gasteiger partial charge in [-0.2, -0.15) is 0 Å². The van der Waals surface area contributed by atoms with Crippen LogP contribution in [0.2, 0.25) is 0 Å². The second-order valence-electron chi connectivity index (χ2n) is 7.12. The van der Waals surface area contributed by atoms with E-state index in [-0.39, 0.29) is 11.8 Å². The number of aromatic amines is 1. The number of benzene rings is 1. The van der Waals surface area contributed by atoms with E-state index >= 15 is 0 Å². The van der Waals surface area contributed by atoms with E-state index in [1.54, 1.807) is 0 Å². The number of carbonyl (C=O) groups is 2. The normalized spacial score (nSPS) is 15.0. The number of hydrogen-bond donors (Lipinski definition) is 1. The van der Waals surface area contributed by atoms with E-state index in [0.717, 1.165) is 36.2 Å². The summed E-state index contributed by atoms with van der Waals surface area (Å²) in [6, 6.07) is 8.15. The molecule has 138 valence electrons. The number of aryl methyl sites for hydroxylation is 2. The number of amides is 2. The van der Waals surface area contributed by atoms with Gasteiger partial charge in [0.1, 0.15) is 0 Å². The first kappa shape index (κ1) is 18.2. The van der Waals surface area contributed by atoms with Crippen molar-refractivity contribution in [3.05, 3.63) is 58.9 Å². The topological polar surface area (TPSA) is 56.4 Å². The molecular formula is C21H27N3O2. The Kier molecular flexibility index (Phi) is 5.76. The molecule has 0 atom stereocenters. The van der Waals surface area contributed by atoms with Gasteiger partial charge in [-0.3, -0.25) is 9.59 Å². The Morgan fingerprint density at radius 2 is 1.65 bits per heavy atom. The summed E-state index contributed by atoms with van der Waals surface area (Å²) in [5.41, 5.74) is 4.47. The van der Waals surface area contributed by atoms with Gasteiger partial charge in [0.2, 0.25) is 11.8 Å². The Hall–Kier alpha value is -2.56. The highest BCUT2D eigenvalue weighted by atomic mass is 16.2. The monoisotopic (exact) mass is 353 g/mol. The first-order valence-corrected chi connectivity index (χ1v) is 9.26. The van der Waals surface area contributed by atoms with Crippen molar-refractivity contribution in [2.24, 2.45) is 0 Å². The van der Waals surface area contributed by atoms with Gasteiger partial charge in [-0.1, -0.05) is 23.8 Å². The fourth-order valence-corrected chi connectivity index (χ4v) is 3.49. The summed E-state index contributed by atoms with van der Waals surface area (Å²) in [7, 11) is 0. The van der Waals surface area contributed by atoms with Crippen molar-refractivity contribution in [2.75, 3.05) is 26.2 Å². The van der Waals surface area contributed by atoms with E-state index in [0.29, 0.717) is 25.9 Å². The predicted octanol–water partition coefficient (Wildman–Crippen LogP) is 2.48. The molecule has 0 bridgehead atoms. The number of aromatic nitrogens is 1. The Labute approximate surface area is 155 Å². The van der Waals surface area contributed by atoms with E-state index in [9.17, 15) is 9.59 Å². The minimum Gasteiger partial charge on any atom is -0.367 e. The van der Waals surface area contributed by atoms with Gasteiger partial charge in [0, 0.05) is 38.6 Å². The van der Waals surface area contributed by atoms with Gasteiger partial charge in [0.25, 0.3) is 0 Å². The maximum Gasteiger partial charge on any atom is 0.227 e. The molecule has 5 nitrogen and oxygen atoms in total. The van der Waals surface area contributed by atoms with E-state index in [4.69, 9.17) is 0 Å². The van der Waals surface area contributed by atoms with E-state index in [1.165, 1.54) is 5.56 Å². The molecule has 2 amide bonds. The minimum absolute atomic E-state index is 0.133. The second kappa shape index (κ2) is 8.21. The fourth-order valence-electron chi connectivity index (χ4n) is 3.49. The molecule has 1 N–H and O–H groups in total. The third kappa shape index (κ3) is 4.54. The summed E-state index contributed by atoms with van der Waals surface area (Å²) in [5, 5.41) is 0. The summed E-state index contributed by atoms with van der Waals surface area (Å²) < 4.78 is 0. The second-order valence-corrected chi connectivity index (χ2v) is 7.12. The number of nitrogens with zero attached hydrogens (tertiary/aromatic N) is 2. The van der Waals surface area contributed by atoms with Crippen molar-refractivity contribution < 1.29 is 9.59 Å². The van der Waals surface area contributed by atoms with E-state index < -0.39 is 0 Å². The lowest BCUT2D eigenvalue weighted by Crippen LogP contribution is -2.38. The zero-order valence-corrected chi connectivity index (χ0v) is 15.6. The first-order valence-electron chi connectivity index (χ1n) is 9.26. The lowest BCUT2D eigenvalue weighted by atomic mass is 10.0. The van der Waals surface area contributed by atoms with Gasteiger partial charge in [0.05, 0.1) is 12.8 Å². The number of hydrogen-bond acceptors (Lipinski definition) is 2. The third-order valence-electron chi connectivity index (χ3n) is 5.06. The van der Waals surface area contributed by atoms with E-state index in [1.807, 2.05) is 34.3 Å². The third-order valence-corrected chi connectivity index (χ3v) is 5.06. The number of carbonyl (C=O) groups excluding carboxylic acids is 2. The lowest BCUT2D eigenvalue weighted by Gasteiger charge is -2.22. The van der Waals surface area contributed by atoms with Crippen LogP contribution in [-0.2, 0) is 22.4 Å². The largest absolute Gasteiger partial charge is 0.367 e. The predicted molar refractivity (Wildman–Crippen MR) is 102 cm³/mol. The Morgan fingerprint density at radius 1 is 0.962 bits per heavy atom. The summed E-state index contributed by atoms with van der Waals surface area (Å²) in [4.78, 5) is 32.0. The van der Waals surface area contributed by atoms with Gasteiger partial charge in [-0.15, -0.1) is 0 Å². The van der Waals surface area contributed by atoms with Crippen molar-refractivity contribution in [3.63, 3.8) is 0 Å². The van der Waals surface area contributed by atoms with Crippen molar-refractivity contribution >= 4 is 11.8 Å². The van der Waals surface area contributed by atoms with Crippen molar-refractivity contribution in [2.45, 2.75) is 33.1 Å². The van der Waals surface area contributed by atoms with Gasteiger partial charge >= 0.3 is 0 Å². The fraction of sp³-hybridized carbons (Fsp3) is 0.429. The molecule has 1 saturated heterocycles. The Morgan fingerprint density at radius 3 is 2.27 bits per heavy atom. The SMILES string of the molecule is Cc1ccc(CC(=O)N2CCCN(C(=O)Cc3cc[nH]c3)CC2)c(C)c1. The molecule has 1 fully saturated rings. The summed E-state index contributed by atoms with van der Waals surface area (Å²) >= 11 is 0. The molecule has 3 rings (SSSR count). The van der Waals surface area contributed by atoms with E-state index in [2.05, 4.69) is 31.0 Å². The smallest absolute Gasteiger partial charge is 0.227 e. The van der Waals surface area contributed by atoms with Crippen LogP contribution in [0.4, 0.5) is 0 Å². The van der Waals surface area contributed by atoms with Crippen LogP contribution in [0.15, 0.2) is 36.7 Å². The number of rotatable bonds is 4. The molecule has 0 unspecified atom stereocenters. The number of H-pyrrole nitrogens is 1. The average molecular weight is 353 g/mol. The highest BCUT2D eigenvalue weighted by molar-refractivity contribution is 5.80. The maximum absolute atomic E-state index is 12.7. The summed E-state index contributed by atoms with van der Waals surface area (Å²) in [5.74, 6) is 0.283. The molecule has 2 heterocycles. The Bertz CT molecular complexity index is 768. The van der Waals surface area contributed by atoms with Crippen LogP contribution in [0.5, 0.6) is 0 Å². The van der Waals surface area contributed by atoms with Crippen molar-refractivity contribution in [1.29, 1.82) is 0 Å². The first-order chi connectivity index (χ1) is 12.5. The zero-order valence-electron chi connectivity index (χ0n) is 15.6. The van der Waals surface area contributed by atoms with Gasteiger partial charge in [-0.05, 0) is 43.0 Å². The van der Waals surface area contributed by atoms with Gasteiger partial charge in [0.15, 0.2) is 0 Å². The average Bonchev–Trinajstić information content (AvgIpc) is 2.98. The quantitative estimate of drug-likeness (QED) is 0.918. The molecule has 0 spiro atoms. The highest BCUT2D eigenvalue weighted by Crippen LogP contribution is 2.14. The maximum atomic E-state index is 12.7. The summed E-state index contributed by atoms with van der Waals surface area (Å²) in [6.45, 7) is 6.78. The van der Waals surface area contributed by atoms with Crippen LogP contribution >= 0.6 is 0 Å². The molecule has 2 aromatic rings. The standard InChI is InChI=1S/C21H27N3O2/c1-16-4-5-19(17(2)12-16)14-21(26)24-9-3-8-23(10-11-24)20(25)13-18-6-7-22-15-18/h4-7,12,15,22H,3,8-11,13-14H2,1-2H3. The van der Waals surface area contributed by atoms with Crippen molar-refractivity contribution in [3.8, 4) is 0 Å². The Balaban J connectivity index is 1.55. The zero-order chi connectivity index (χ0) is 18.5. The molecular weight excluding hydrogens is 326 g/mol. The molecule has 0 saturated carbocycles. The van der Waals surface area contributed by atoms with Crippen LogP contribution in [0.1, 0.15) is 28.7 Å². The van der Waals surface area contributed by atoms with Crippen LogP contribution in [-0.4, -0.2) is 52.8 Å². The summed E-state index contributed by atoms with van der Waals surface area (Å²) in [6.07, 6.45) is 5.37. The molecule has 1 aliphatic heterocycles. The van der Waals surface area contributed by atoms with Crippen molar-refractivity contribution in [1.82, 2.24) is 14.8 Å². The minimum atomic E-state index is 0.133. The highest BCUT2D eigenvalue weighted by Gasteiger charge is 2.22. The molecule has 26 heavy (non-hydrogen) atoms. The molecule has 0 radical (unpaired) electrons. The lowest BCUT2D eigenvalue weighted by molar-refractivity contribution is -0.132. The number of nitrogens with one attached hydrogen (secondary N) is 1. The van der Waals surface area contributed by atoms with Crippen LogP contribution in [0, 0.1) is 13.8 Å². The van der Waals surface area contributed by atoms with Gasteiger partial charge < -0.3 is 14.8 Å². The molecule has 1 aromatic carbocycles. The van der Waals surface area contributed by atoms with Crippen LogP contribution in [0.3, 0.4) is 0 Å². The molecule has 1 aliphatic rings. The molecule has 0 aliphatic carbocycles. The molecule has 5 heteroatoms. The molecule has 1 aromatic heterocycles. The van der Waals surface area contributed by atoms with Gasteiger partial charge in [-0.25, -0.2) is 0 Å². The van der Waals surface area contributed by atoms with Crippen LogP contribution in [0.25, 0.3) is 0 Å². The van der Waals surface area contributed by atoms with Crippen LogP contribution < -0.4 is 0 Å².